The average Bonchev–Trinajstić information content (AvgIpc) is 2.46. The molecule has 4 heteroatoms. The molecule has 1 fully saturated rings. The fraction of sp³-hybridized carbons (Fsp3) is 0.714. The van der Waals surface area contributed by atoms with Crippen LogP contribution in [0.4, 0.5) is 5.82 Å². The Bertz CT molecular complexity index is 422. The molecule has 1 atom stereocenters. The van der Waals surface area contributed by atoms with Crippen LogP contribution in [0.5, 0.6) is 0 Å². The van der Waals surface area contributed by atoms with Crippen LogP contribution in [0.25, 0.3) is 0 Å². The predicted molar refractivity (Wildman–Crippen MR) is 77.5 cm³/mol. The van der Waals surface area contributed by atoms with E-state index in [1.165, 1.54) is 49.2 Å². The van der Waals surface area contributed by atoms with E-state index in [0.29, 0.717) is 6.04 Å². The molecule has 0 amide bonds. The average molecular weight is 310 g/mol. The summed E-state index contributed by atoms with van der Waals surface area (Å²) in [7, 11) is 0. The molecule has 3 nitrogen and oxygen atoms in total. The van der Waals surface area contributed by atoms with Crippen LogP contribution >= 0.6 is 15.9 Å². The van der Waals surface area contributed by atoms with E-state index in [2.05, 4.69) is 30.8 Å². The lowest BCUT2D eigenvalue weighted by Crippen LogP contribution is -2.42. The third kappa shape index (κ3) is 2.27. The Hall–Kier alpha value is -0.640. The van der Waals surface area contributed by atoms with Crippen molar-refractivity contribution in [3.05, 3.63) is 17.6 Å². The molecule has 0 aromatic carbocycles. The fourth-order valence-corrected chi connectivity index (χ4v) is 3.86. The summed E-state index contributed by atoms with van der Waals surface area (Å²) in [5.74, 6) is 1.23. The number of anilines is 1. The number of hydrogen-bond acceptors (Lipinski definition) is 3. The van der Waals surface area contributed by atoms with Gasteiger partial charge in [0.25, 0.3) is 0 Å². The van der Waals surface area contributed by atoms with Crippen molar-refractivity contribution in [2.75, 3.05) is 16.8 Å². The maximum Gasteiger partial charge on any atom is 0.135 e. The smallest absolute Gasteiger partial charge is 0.135 e. The van der Waals surface area contributed by atoms with E-state index in [9.17, 15) is 0 Å². The first-order chi connectivity index (χ1) is 8.90. The molecule has 0 spiro atoms. The molecule has 1 aromatic heterocycles. The van der Waals surface area contributed by atoms with Crippen molar-refractivity contribution in [3.63, 3.8) is 0 Å². The van der Waals surface area contributed by atoms with Crippen molar-refractivity contribution in [2.45, 2.75) is 51.0 Å². The number of aryl methyl sites for hydroxylation is 1. The van der Waals surface area contributed by atoms with E-state index in [-0.39, 0.29) is 0 Å². The summed E-state index contributed by atoms with van der Waals surface area (Å²) in [5.41, 5.74) is 2.72. The van der Waals surface area contributed by atoms with Gasteiger partial charge >= 0.3 is 0 Å². The fourth-order valence-electron chi connectivity index (χ4n) is 3.19. The number of nitrogens with zero attached hydrogens (tertiary/aromatic N) is 3. The van der Waals surface area contributed by atoms with Crippen molar-refractivity contribution < 1.29 is 0 Å². The van der Waals surface area contributed by atoms with Gasteiger partial charge in [-0.05, 0) is 44.9 Å². The zero-order valence-electron chi connectivity index (χ0n) is 10.7. The van der Waals surface area contributed by atoms with Gasteiger partial charge in [-0.2, -0.15) is 0 Å². The Morgan fingerprint density at radius 1 is 1.17 bits per heavy atom. The third-order valence-corrected chi connectivity index (χ3v) is 4.93. The molecule has 1 aliphatic heterocycles. The summed E-state index contributed by atoms with van der Waals surface area (Å²) in [4.78, 5) is 11.6. The van der Waals surface area contributed by atoms with Gasteiger partial charge in [-0.3, -0.25) is 0 Å². The van der Waals surface area contributed by atoms with Crippen molar-refractivity contribution in [2.24, 2.45) is 0 Å². The molecule has 98 valence electrons. The van der Waals surface area contributed by atoms with E-state index in [4.69, 9.17) is 0 Å². The largest absolute Gasteiger partial charge is 0.352 e. The Morgan fingerprint density at radius 2 is 2.06 bits per heavy atom. The topological polar surface area (TPSA) is 29.0 Å². The maximum atomic E-state index is 4.61. The van der Waals surface area contributed by atoms with Crippen LogP contribution < -0.4 is 4.90 Å². The minimum Gasteiger partial charge on any atom is -0.352 e. The molecular formula is C14H20BrN3. The molecule has 0 saturated carbocycles. The molecule has 1 aliphatic carbocycles. The molecule has 2 heterocycles. The Balaban J connectivity index is 1.95. The van der Waals surface area contributed by atoms with Crippen LogP contribution in [0.15, 0.2) is 6.33 Å². The van der Waals surface area contributed by atoms with Gasteiger partial charge in [-0.25, -0.2) is 9.97 Å². The lowest BCUT2D eigenvalue weighted by Gasteiger charge is -2.37. The molecular weight excluding hydrogens is 290 g/mol. The van der Waals surface area contributed by atoms with Gasteiger partial charge < -0.3 is 4.90 Å². The van der Waals surface area contributed by atoms with E-state index in [1.54, 1.807) is 6.33 Å². The van der Waals surface area contributed by atoms with Crippen LogP contribution in [0.1, 0.15) is 43.4 Å². The second-order valence-electron chi connectivity index (χ2n) is 5.33. The van der Waals surface area contributed by atoms with Crippen LogP contribution in [-0.2, 0) is 12.8 Å². The van der Waals surface area contributed by atoms with Gasteiger partial charge in [0.2, 0.25) is 0 Å². The highest BCUT2D eigenvalue weighted by atomic mass is 79.9. The molecule has 1 saturated heterocycles. The van der Waals surface area contributed by atoms with Gasteiger partial charge in [0.1, 0.15) is 12.1 Å². The first-order valence-corrected chi connectivity index (χ1v) is 8.17. The van der Waals surface area contributed by atoms with E-state index >= 15 is 0 Å². The lowest BCUT2D eigenvalue weighted by molar-refractivity contribution is 0.484. The van der Waals surface area contributed by atoms with Crippen LogP contribution in [0, 0.1) is 0 Å². The number of halogens is 1. The highest BCUT2D eigenvalue weighted by Crippen LogP contribution is 2.31. The lowest BCUT2D eigenvalue weighted by atomic mass is 9.95. The zero-order valence-corrected chi connectivity index (χ0v) is 12.3. The predicted octanol–water partition coefficient (Wildman–Crippen LogP) is 3.11. The standard InChI is InChI=1S/C14H20BrN3/c15-9-11-5-3-4-8-18(11)14-12-6-1-2-7-13(12)16-10-17-14/h10-11H,1-9H2. The highest BCUT2D eigenvalue weighted by Gasteiger charge is 2.26. The molecule has 3 rings (SSSR count). The molecule has 0 N–H and O–H groups in total. The van der Waals surface area contributed by atoms with Gasteiger partial charge in [0.05, 0.1) is 0 Å². The minimum absolute atomic E-state index is 0.611. The summed E-state index contributed by atoms with van der Waals surface area (Å²) in [6.45, 7) is 1.15. The second-order valence-corrected chi connectivity index (χ2v) is 5.97. The molecule has 18 heavy (non-hydrogen) atoms. The van der Waals surface area contributed by atoms with Crippen molar-refractivity contribution in [1.29, 1.82) is 0 Å². The van der Waals surface area contributed by atoms with E-state index in [0.717, 1.165) is 24.7 Å². The zero-order chi connectivity index (χ0) is 12.4. The Labute approximate surface area is 117 Å². The molecule has 0 bridgehead atoms. The summed E-state index contributed by atoms with van der Waals surface area (Å²) < 4.78 is 0. The first kappa shape index (κ1) is 12.4. The number of hydrogen-bond donors (Lipinski definition) is 0. The van der Waals surface area contributed by atoms with Gasteiger partial charge in [0.15, 0.2) is 0 Å². The van der Waals surface area contributed by atoms with Crippen molar-refractivity contribution in [3.8, 4) is 0 Å². The first-order valence-electron chi connectivity index (χ1n) is 7.05. The summed E-state index contributed by atoms with van der Waals surface area (Å²) in [6.07, 6.45) is 10.6. The Morgan fingerprint density at radius 3 is 2.94 bits per heavy atom. The quantitative estimate of drug-likeness (QED) is 0.786. The van der Waals surface area contributed by atoms with Crippen LogP contribution in [0.3, 0.4) is 0 Å². The number of alkyl halides is 1. The monoisotopic (exact) mass is 309 g/mol. The molecule has 2 aliphatic rings. The molecule has 0 radical (unpaired) electrons. The van der Waals surface area contributed by atoms with Gasteiger partial charge in [-0.15, -0.1) is 0 Å². The number of piperidine rings is 1. The number of fused-ring (bicyclic) bond motifs is 1. The molecule has 1 unspecified atom stereocenters. The Kier molecular flexibility index (Phi) is 3.83. The van der Waals surface area contributed by atoms with Crippen molar-refractivity contribution in [1.82, 2.24) is 9.97 Å². The van der Waals surface area contributed by atoms with Gasteiger partial charge in [-0.1, -0.05) is 15.9 Å². The summed E-state index contributed by atoms with van der Waals surface area (Å²) >= 11 is 3.66. The van der Waals surface area contributed by atoms with Crippen LogP contribution in [0.2, 0.25) is 0 Å². The van der Waals surface area contributed by atoms with Crippen molar-refractivity contribution >= 4 is 21.7 Å². The summed E-state index contributed by atoms with van der Waals surface area (Å²) in [6, 6.07) is 0.611. The van der Waals surface area contributed by atoms with E-state index < -0.39 is 0 Å². The number of aromatic nitrogens is 2. The summed E-state index contributed by atoms with van der Waals surface area (Å²) in [5, 5.41) is 1.05. The van der Waals surface area contributed by atoms with Gasteiger partial charge in [0, 0.05) is 29.2 Å². The second kappa shape index (κ2) is 5.55. The highest BCUT2D eigenvalue weighted by molar-refractivity contribution is 9.09. The SMILES string of the molecule is BrCC1CCCCN1c1ncnc2c1CCCC2. The number of rotatable bonds is 2. The maximum absolute atomic E-state index is 4.61. The molecule has 1 aromatic rings. The van der Waals surface area contributed by atoms with Crippen LogP contribution in [-0.4, -0.2) is 27.9 Å². The van der Waals surface area contributed by atoms with E-state index in [1.807, 2.05) is 0 Å². The normalized spacial score (nSPS) is 23.8. The third-order valence-electron chi connectivity index (χ3n) is 4.18. The minimum atomic E-state index is 0.611.